The van der Waals surface area contributed by atoms with Gasteiger partial charge in [0.15, 0.2) is 12.4 Å². The van der Waals surface area contributed by atoms with Gasteiger partial charge in [-0.2, -0.15) is 0 Å². The van der Waals surface area contributed by atoms with Gasteiger partial charge in [-0.3, -0.25) is 4.79 Å². The lowest BCUT2D eigenvalue weighted by Gasteiger charge is -2.01. The van der Waals surface area contributed by atoms with Crippen LogP contribution in [0.25, 0.3) is 0 Å². The molecule has 4 nitrogen and oxygen atoms in total. The first-order valence-electron chi connectivity index (χ1n) is 7.45. The second-order valence-corrected chi connectivity index (χ2v) is 5.09. The van der Waals surface area contributed by atoms with E-state index in [1.807, 2.05) is 6.07 Å². The van der Waals surface area contributed by atoms with Crippen LogP contribution in [0.3, 0.4) is 0 Å². The number of unbranched alkanes of at least 4 members (excludes halogenated alkanes) is 7. The van der Waals surface area contributed by atoms with Crippen LogP contribution < -0.4 is 4.57 Å². The van der Waals surface area contributed by atoms with E-state index in [4.69, 9.17) is 5.11 Å². The lowest BCUT2D eigenvalue weighted by Crippen LogP contribution is -2.32. The van der Waals surface area contributed by atoms with E-state index < -0.39 is 5.97 Å². The summed E-state index contributed by atoms with van der Waals surface area (Å²) >= 11 is 0. The fourth-order valence-electron chi connectivity index (χ4n) is 2.21. The van der Waals surface area contributed by atoms with Crippen molar-refractivity contribution in [3.05, 3.63) is 30.6 Å². The molecule has 0 radical (unpaired) electrons. The van der Waals surface area contributed by atoms with Gasteiger partial charge in [0.05, 0.1) is 0 Å². The summed E-state index contributed by atoms with van der Waals surface area (Å²) in [7, 11) is 0. The van der Waals surface area contributed by atoms with E-state index in [-0.39, 0.29) is 5.48 Å². The molecule has 0 aromatic carbocycles. The Labute approximate surface area is 121 Å². The van der Waals surface area contributed by atoms with E-state index in [9.17, 15) is 4.79 Å². The van der Waals surface area contributed by atoms with Crippen LogP contribution in [0, 0.1) is 0 Å². The Bertz CT molecular complexity index is 341. The predicted molar refractivity (Wildman–Crippen MR) is 77.8 cm³/mol. The lowest BCUT2D eigenvalue weighted by molar-refractivity contribution is -0.697. The lowest BCUT2D eigenvalue weighted by atomic mass is 10.1. The first-order valence-corrected chi connectivity index (χ1v) is 7.45. The summed E-state index contributed by atoms with van der Waals surface area (Å²) in [6, 6.07) is 6.18. The first-order chi connectivity index (χ1) is 9.29. The number of nitrogens with zero attached hydrogens (tertiary/aromatic N) is 1. The van der Waals surface area contributed by atoms with Crippen molar-refractivity contribution in [1.82, 2.24) is 0 Å². The van der Waals surface area contributed by atoms with Crippen LogP contribution in [-0.4, -0.2) is 16.6 Å². The Morgan fingerprint density at radius 2 is 1.30 bits per heavy atom. The molecule has 0 spiro atoms. The van der Waals surface area contributed by atoms with Gasteiger partial charge < -0.3 is 10.6 Å². The predicted octanol–water partition coefficient (Wildman–Crippen LogP) is 3.39. The van der Waals surface area contributed by atoms with Gasteiger partial charge in [-0.05, 0) is 12.8 Å². The molecule has 2 N–H and O–H groups in total. The van der Waals surface area contributed by atoms with Gasteiger partial charge in [-0.1, -0.05) is 38.2 Å². The number of carboxylic acid groups (broad SMARTS) is 1. The van der Waals surface area contributed by atoms with Crippen LogP contribution in [0.2, 0.25) is 0 Å². The second kappa shape index (κ2) is 12.6. The fourth-order valence-corrected chi connectivity index (χ4v) is 2.21. The molecule has 0 saturated heterocycles. The minimum Gasteiger partial charge on any atom is -0.870 e. The van der Waals surface area contributed by atoms with E-state index in [1.165, 1.54) is 38.5 Å². The molecule has 4 heteroatoms. The minimum absolute atomic E-state index is 0. The van der Waals surface area contributed by atoms with E-state index in [0.29, 0.717) is 6.42 Å². The Hall–Kier alpha value is -1.42. The van der Waals surface area contributed by atoms with Crippen molar-refractivity contribution in [2.45, 2.75) is 64.3 Å². The number of aryl methyl sites for hydroxylation is 1. The molecule has 20 heavy (non-hydrogen) atoms. The average molecular weight is 281 g/mol. The average Bonchev–Trinajstić information content (AvgIpc) is 2.42. The molecule has 0 bridgehead atoms. The molecule has 114 valence electrons. The Balaban J connectivity index is 0.00000361. The zero-order valence-electron chi connectivity index (χ0n) is 12.2. The topological polar surface area (TPSA) is 71.2 Å². The van der Waals surface area contributed by atoms with Crippen LogP contribution >= 0.6 is 0 Å². The quantitative estimate of drug-likeness (QED) is 0.499. The first kappa shape index (κ1) is 18.6. The Kier molecular flexibility index (Phi) is 11.7. The number of hydrogen-bond donors (Lipinski definition) is 1. The highest BCUT2D eigenvalue weighted by molar-refractivity contribution is 5.66. The number of aliphatic carboxylic acids is 1. The zero-order chi connectivity index (χ0) is 13.8. The Morgan fingerprint density at radius 1 is 0.800 bits per heavy atom. The van der Waals surface area contributed by atoms with Crippen LogP contribution in [-0.2, 0) is 11.3 Å². The monoisotopic (exact) mass is 281 g/mol. The van der Waals surface area contributed by atoms with Gasteiger partial charge in [0.25, 0.3) is 0 Å². The molecule has 1 aromatic rings. The van der Waals surface area contributed by atoms with Crippen LogP contribution in [0.1, 0.15) is 57.8 Å². The van der Waals surface area contributed by atoms with E-state index in [2.05, 4.69) is 29.1 Å². The molecule has 0 aliphatic carbocycles. The largest absolute Gasteiger partial charge is 0.870 e. The smallest absolute Gasteiger partial charge is 0.303 e. The summed E-state index contributed by atoms with van der Waals surface area (Å²) in [6.07, 6.45) is 14.0. The highest BCUT2D eigenvalue weighted by atomic mass is 16.4. The van der Waals surface area contributed by atoms with Gasteiger partial charge in [-0.15, -0.1) is 0 Å². The third-order valence-electron chi connectivity index (χ3n) is 3.33. The number of aromatic nitrogens is 1. The number of carboxylic acids is 1. The molecule has 1 rings (SSSR count). The number of pyridine rings is 1. The van der Waals surface area contributed by atoms with Crippen molar-refractivity contribution >= 4 is 5.97 Å². The van der Waals surface area contributed by atoms with Crippen molar-refractivity contribution in [1.29, 1.82) is 0 Å². The van der Waals surface area contributed by atoms with Crippen LogP contribution in [0.4, 0.5) is 0 Å². The van der Waals surface area contributed by atoms with Crippen molar-refractivity contribution in [3.63, 3.8) is 0 Å². The SMILES string of the molecule is O=C(O)CCCCCCCCCC[n+]1ccccc1.[OH-]. The van der Waals surface area contributed by atoms with E-state index in [1.54, 1.807) is 0 Å². The maximum Gasteiger partial charge on any atom is 0.303 e. The van der Waals surface area contributed by atoms with Crippen LogP contribution in [0.15, 0.2) is 30.6 Å². The van der Waals surface area contributed by atoms with Gasteiger partial charge in [0.1, 0.15) is 6.54 Å². The maximum atomic E-state index is 10.3. The molecule has 0 saturated carbocycles. The van der Waals surface area contributed by atoms with Crippen LogP contribution in [0.5, 0.6) is 0 Å². The van der Waals surface area contributed by atoms with Gasteiger partial charge >= 0.3 is 5.97 Å². The molecule has 0 fully saturated rings. The highest BCUT2D eigenvalue weighted by Gasteiger charge is 1.98. The standard InChI is InChI=1S/C16H25NO2.H2O/c18-16(19)12-8-5-3-1-2-4-6-9-13-17-14-10-7-11-15-17;/h7,10-11,14-15H,1-6,8-9,12-13H2;1H2. The summed E-state index contributed by atoms with van der Waals surface area (Å²) in [5.74, 6) is -0.668. The van der Waals surface area contributed by atoms with Gasteiger partial charge in [0, 0.05) is 25.0 Å². The summed E-state index contributed by atoms with van der Waals surface area (Å²) in [4.78, 5) is 10.3. The summed E-state index contributed by atoms with van der Waals surface area (Å²) in [5, 5.41) is 8.51. The number of carbonyl (C=O) groups is 1. The van der Waals surface area contributed by atoms with Crippen molar-refractivity contribution in [3.8, 4) is 0 Å². The molecule has 0 aliphatic heterocycles. The molecule has 0 aliphatic rings. The normalized spacial score (nSPS) is 10.0. The molecule has 0 unspecified atom stereocenters. The van der Waals surface area contributed by atoms with Gasteiger partial charge in [-0.25, -0.2) is 4.57 Å². The number of rotatable bonds is 11. The summed E-state index contributed by atoms with van der Waals surface area (Å²) < 4.78 is 2.23. The van der Waals surface area contributed by atoms with Crippen molar-refractivity contribution in [2.24, 2.45) is 0 Å². The molecular weight excluding hydrogens is 254 g/mol. The van der Waals surface area contributed by atoms with Crippen molar-refractivity contribution < 1.29 is 19.9 Å². The van der Waals surface area contributed by atoms with Gasteiger partial charge in [0.2, 0.25) is 0 Å². The van der Waals surface area contributed by atoms with E-state index >= 15 is 0 Å². The Morgan fingerprint density at radius 3 is 1.85 bits per heavy atom. The zero-order valence-corrected chi connectivity index (χ0v) is 12.2. The van der Waals surface area contributed by atoms with E-state index in [0.717, 1.165) is 19.4 Å². The molecular formula is C16H27NO3. The third-order valence-corrected chi connectivity index (χ3v) is 3.33. The molecule has 0 atom stereocenters. The molecule has 1 aromatic heterocycles. The summed E-state index contributed by atoms with van der Waals surface area (Å²) in [6.45, 7) is 1.11. The van der Waals surface area contributed by atoms with Crippen molar-refractivity contribution in [2.75, 3.05) is 0 Å². The minimum atomic E-state index is -0.668. The fraction of sp³-hybridized carbons (Fsp3) is 0.625. The summed E-state index contributed by atoms with van der Waals surface area (Å²) in [5.41, 5.74) is 0. The highest BCUT2D eigenvalue weighted by Crippen LogP contribution is 2.09. The number of hydrogen-bond acceptors (Lipinski definition) is 2. The molecule has 1 heterocycles. The molecule has 0 amide bonds. The second-order valence-electron chi connectivity index (χ2n) is 5.09. The maximum absolute atomic E-state index is 10.3. The third kappa shape index (κ3) is 10.5.